The van der Waals surface area contributed by atoms with Crippen LogP contribution in [0.25, 0.3) is 0 Å². The van der Waals surface area contributed by atoms with Crippen LogP contribution in [-0.4, -0.2) is 33.1 Å². The number of allylic oxidation sites excluding steroid dienone is 4. The maximum Gasteiger partial charge on any atom is 0.133 e. The van der Waals surface area contributed by atoms with Gasteiger partial charge in [-0.15, -0.1) is 0 Å². The van der Waals surface area contributed by atoms with Gasteiger partial charge in [-0.2, -0.15) is 0 Å². The Hall–Kier alpha value is -1.46. The molecule has 1 aromatic rings. The van der Waals surface area contributed by atoms with Gasteiger partial charge in [0, 0.05) is 30.9 Å². The van der Waals surface area contributed by atoms with Crippen molar-refractivity contribution in [2.75, 3.05) is 13.2 Å². The molecule has 120 valence electrons. The van der Waals surface area contributed by atoms with Crippen LogP contribution in [0.4, 0.5) is 0 Å². The van der Waals surface area contributed by atoms with E-state index in [2.05, 4.69) is 41.7 Å². The van der Waals surface area contributed by atoms with Crippen LogP contribution in [0, 0.1) is 0 Å². The molecule has 1 heterocycles. The number of nitrogens with zero attached hydrogens (tertiary/aromatic N) is 2. The molecule has 0 spiro atoms. The summed E-state index contributed by atoms with van der Waals surface area (Å²) >= 11 is 5.38. The number of thiocarbonyl (C=S) groups is 1. The van der Waals surface area contributed by atoms with Crippen molar-refractivity contribution in [3.8, 4) is 0 Å². The van der Waals surface area contributed by atoms with Gasteiger partial charge in [0.2, 0.25) is 0 Å². The van der Waals surface area contributed by atoms with Gasteiger partial charge in [-0.3, -0.25) is 0 Å². The van der Waals surface area contributed by atoms with Crippen LogP contribution in [0.1, 0.15) is 33.6 Å². The molecule has 0 saturated heterocycles. The normalized spacial score (nSPS) is 15.5. The van der Waals surface area contributed by atoms with Crippen molar-refractivity contribution in [2.45, 2.75) is 45.7 Å². The molecule has 1 aliphatic rings. The first-order valence-corrected chi connectivity index (χ1v) is 8.11. The number of rotatable bonds is 8. The first-order chi connectivity index (χ1) is 10.5. The second-order valence-electron chi connectivity index (χ2n) is 6.40. The molecule has 0 aromatic carbocycles. The van der Waals surface area contributed by atoms with E-state index in [9.17, 15) is 0 Å². The average Bonchev–Trinajstić information content (AvgIpc) is 2.96. The van der Waals surface area contributed by atoms with Gasteiger partial charge in [-0.25, -0.2) is 4.98 Å². The lowest BCUT2D eigenvalue weighted by atomic mass is 10.0. The molecule has 2 rings (SSSR count). The molecule has 0 atom stereocenters. The minimum atomic E-state index is -0.0817. The lowest BCUT2D eigenvalue weighted by Gasteiger charge is -2.28. The van der Waals surface area contributed by atoms with E-state index in [1.165, 1.54) is 5.57 Å². The van der Waals surface area contributed by atoms with Crippen LogP contribution in [-0.2, 0) is 11.3 Å². The SMILES string of the molecule is CC1=CC=C(OCC(C)(C)NCCCn2ccnc2)C(=S)C1. The Balaban J connectivity index is 1.70. The number of imidazole rings is 1. The predicted octanol–water partition coefficient (Wildman–Crippen LogP) is 3.26. The number of ether oxygens (including phenoxy) is 1. The van der Waals surface area contributed by atoms with Gasteiger partial charge in [0.15, 0.2) is 0 Å². The van der Waals surface area contributed by atoms with E-state index in [1.54, 1.807) is 0 Å². The van der Waals surface area contributed by atoms with Gasteiger partial charge in [-0.05, 0) is 39.8 Å². The fourth-order valence-corrected chi connectivity index (χ4v) is 2.61. The Labute approximate surface area is 138 Å². The highest BCUT2D eigenvalue weighted by Gasteiger charge is 2.20. The van der Waals surface area contributed by atoms with E-state index in [0.29, 0.717) is 6.61 Å². The quantitative estimate of drug-likeness (QED) is 0.590. The molecule has 22 heavy (non-hydrogen) atoms. The van der Waals surface area contributed by atoms with E-state index < -0.39 is 0 Å². The number of hydrogen-bond donors (Lipinski definition) is 1. The van der Waals surface area contributed by atoms with Crippen LogP contribution in [0.3, 0.4) is 0 Å². The molecule has 0 bridgehead atoms. The zero-order valence-corrected chi connectivity index (χ0v) is 14.4. The molecule has 0 aliphatic heterocycles. The number of aryl methyl sites for hydroxylation is 1. The highest BCUT2D eigenvalue weighted by Crippen LogP contribution is 2.18. The fourth-order valence-electron chi connectivity index (χ4n) is 2.26. The molecule has 0 saturated carbocycles. The summed E-state index contributed by atoms with van der Waals surface area (Å²) in [5, 5.41) is 3.54. The third-order valence-electron chi connectivity index (χ3n) is 3.58. The smallest absolute Gasteiger partial charge is 0.133 e. The van der Waals surface area contributed by atoms with Crippen LogP contribution in [0.2, 0.25) is 0 Å². The summed E-state index contributed by atoms with van der Waals surface area (Å²) in [6, 6.07) is 0. The van der Waals surface area contributed by atoms with E-state index in [0.717, 1.165) is 36.6 Å². The molecule has 0 amide bonds. The zero-order chi connectivity index (χ0) is 16.0. The Morgan fingerprint density at radius 3 is 2.91 bits per heavy atom. The van der Waals surface area contributed by atoms with Gasteiger partial charge in [0.05, 0.1) is 11.2 Å². The Bertz CT molecular complexity index is 558. The topological polar surface area (TPSA) is 39.1 Å². The van der Waals surface area contributed by atoms with Gasteiger partial charge >= 0.3 is 0 Å². The van der Waals surface area contributed by atoms with E-state index in [4.69, 9.17) is 17.0 Å². The third-order valence-corrected chi connectivity index (χ3v) is 3.92. The number of hydrogen-bond acceptors (Lipinski definition) is 4. The second kappa shape index (κ2) is 7.70. The van der Waals surface area contributed by atoms with E-state index in [1.807, 2.05) is 24.8 Å². The average molecular weight is 319 g/mol. The summed E-state index contributed by atoms with van der Waals surface area (Å²) in [5.41, 5.74) is 1.20. The molecule has 1 N–H and O–H groups in total. The van der Waals surface area contributed by atoms with E-state index >= 15 is 0 Å². The minimum Gasteiger partial charge on any atom is -0.491 e. The second-order valence-corrected chi connectivity index (χ2v) is 6.89. The highest BCUT2D eigenvalue weighted by atomic mass is 32.1. The fraction of sp³-hybridized carbons (Fsp3) is 0.529. The Morgan fingerprint density at radius 1 is 1.41 bits per heavy atom. The highest BCUT2D eigenvalue weighted by molar-refractivity contribution is 7.80. The lowest BCUT2D eigenvalue weighted by molar-refractivity contribution is 0.151. The van der Waals surface area contributed by atoms with Crippen molar-refractivity contribution in [3.63, 3.8) is 0 Å². The maximum atomic E-state index is 5.91. The van der Waals surface area contributed by atoms with Gasteiger partial charge in [0.1, 0.15) is 12.4 Å². The summed E-state index contributed by atoms with van der Waals surface area (Å²) in [6.45, 7) is 8.91. The molecule has 5 heteroatoms. The Kier molecular flexibility index (Phi) is 5.91. The van der Waals surface area contributed by atoms with Crippen molar-refractivity contribution in [1.82, 2.24) is 14.9 Å². The molecular weight excluding hydrogens is 294 g/mol. The molecule has 1 aromatic heterocycles. The standard InChI is InChI=1S/C17H25N3OS/c1-14-5-6-15(16(22)11-14)21-12-17(2,3)19-7-4-9-20-10-8-18-13-20/h5-6,8,10,13,19H,4,7,9,11-12H2,1-3H3. The summed E-state index contributed by atoms with van der Waals surface area (Å²) in [7, 11) is 0. The van der Waals surface area contributed by atoms with Crippen molar-refractivity contribution >= 4 is 17.1 Å². The van der Waals surface area contributed by atoms with Gasteiger partial charge in [-0.1, -0.05) is 23.9 Å². The van der Waals surface area contributed by atoms with Crippen molar-refractivity contribution in [2.24, 2.45) is 0 Å². The van der Waals surface area contributed by atoms with Crippen molar-refractivity contribution in [3.05, 3.63) is 42.2 Å². The maximum absolute atomic E-state index is 5.91. The van der Waals surface area contributed by atoms with Crippen LogP contribution in [0.5, 0.6) is 0 Å². The monoisotopic (exact) mass is 319 g/mol. The largest absolute Gasteiger partial charge is 0.491 e. The molecular formula is C17H25N3OS. The summed E-state index contributed by atoms with van der Waals surface area (Å²) in [6.07, 6.45) is 11.6. The first-order valence-electron chi connectivity index (χ1n) is 7.70. The molecule has 1 aliphatic carbocycles. The van der Waals surface area contributed by atoms with E-state index in [-0.39, 0.29) is 5.54 Å². The molecule has 0 unspecified atom stereocenters. The summed E-state index contributed by atoms with van der Waals surface area (Å²) in [4.78, 5) is 4.94. The molecule has 0 radical (unpaired) electrons. The van der Waals surface area contributed by atoms with Crippen LogP contribution >= 0.6 is 12.2 Å². The van der Waals surface area contributed by atoms with Crippen molar-refractivity contribution in [1.29, 1.82) is 0 Å². The van der Waals surface area contributed by atoms with Gasteiger partial charge < -0.3 is 14.6 Å². The number of nitrogens with one attached hydrogen (secondary N) is 1. The molecule has 0 fully saturated rings. The molecule has 4 nitrogen and oxygen atoms in total. The summed E-state index contributed by atoms with van der Waals surface area (Å²) < 4.78 is 8.00. The third kappa shape index (κ3) is 5.39. The summed E-state index contributed by atoms with van der Waals surface area (Å²) in [5.74, 6) is 0.842. The first kappa shape index (κ1) is 16.9. The van der Waals surface area contributed by atoms with Gasteiger partial charge in [0.25, 0.3) is 0 Å². The van der Waals surface area contributed by atoms with Crippen molar-refractivity contribution < 1.29 is 4.74 Å². The number of aromatic nitrogens is 2. The van der Waals surface area contributed by atoms with Crippen LogP contribution < -0.4 is 5.32 Å². The lowest BCUT2D eigenvalue weighted by Crippen LogP contribution is -2.44. The van der Waals surface area contributed by atoms with Crippen LogP contribution in [0.15, 0.2) is 42.2 Å². The minimum absolute atomic E-state index is 0.0817. The Morgan fingerprint density at radius 2 is 2.23 bits per heavy atom. The predicted molar refractivity (Wildman–Crippen MR) is 93.9 cm³/mol. The zero-order valence-electron chi connectivity index (χ0n) is 13.6.